The Morgan fingerprint density at radius 1 is 1.21 bits per heavy atom. The number of carbonyl (C=O) groups is 1. The summed E-state index contributed by atoms with van der Waals surface area (Å²) < 4.78 is 1.69. The fourth-order valence-corrected chi connectivity index (χ4v) is 1.96. The number of benzene rings is 1. The molecule has 0 radical (unpaired) electrons. The number of hydrogen-bond acceptors (Lipinski definition) is 3. The summed E-state index contributed by atoms with van der Waals surface area (Å²) in [6, 6.07) is 9.84. The van der Waals surface area contributed by atoms with Crippen molar-refractivity contribution in [3.8, 4) is 11.3 Å². The molecule has 1 N–H and O–H groups in total. The molecule has 3 aromatic rings. The first-order valence-electron chi connectivity index (χ1n) is 5.79. The van der Waals surface area contributed by atoms with Crippen molar-refractivity contribution in [3.63, 3.8) is 0 Å². The van der Waals surface area contributed by atoms with Crippen LogP contribution in [0, 0.1) is 6.92 Å². The zero-order valence-electron chi connectivity index (χ0n) is 10.2. The molecule has 0 amide bonds. The lowest BCUT2D eigenvalue weighted by Crippen LogP contribution is -1.95. The number of fused-ring (bicyclic) bond motifs is 1. The molecule has 5 heteroatoms. The third-order valence-corrected chi connectivity index (χ3v) is 2.94. The Balaban J connectivity index is 2.23. The van der Waals surface area contributed by atoms with Gasteiger partial charge < -0.3 is 5.11 Å². The first kappa shape index (κ1) is 11.4. The standard InChI is InChI=1S/C14H11N3O2/c1-9-2-4-10(5-3-9)12-6-7-15-14-16-11(13(18)19)8-17(12)14/h2-8H,1H3,(H,18,19). The molecule has 3 rings (SSSR count). The maximum Gasteiger partial charge on any atom is 0.356 e. The molecule has 2 aromatic heterocycles. The van der Waals surface area contributed by atoms with Gasteiger partial charge in [-0.3, -0.25) is 4.40 Å². The number of rotatable bonds is 2. The van der Waals surface area contributed by atoms with Crippen molar-refractivity contribution in [2.24, 2.45) is 0 Å². The second-order valence-corrected chi connectivity index (χ2v) is 4.30. The van der Waals surface area contributed by atoms with E-state index in [1.807, 2.05) is 37.3 Å². The molecule has 0 atom stereocenters. The monoisotopic (exact) mass is 253 g/mol. The summed E-state index contributed by atoms with van der Waals surface area (Å²) in [4.78, 5) is 19.0. The topological polar surface area (TPSA) is 67.5 Å². The fraction of sp³-hybridized carbons (Fsp3) is 0.0714. The van der Waals surface area contributed by atoms with Crippen LogP contribution in [0.15, 0.2) is 42.7 Å². The van der Waals surface area contributed by atoms with Gasteiger partial charge in [0.2, 0.25) is 5.78 Å². The van der Waals surface area contributed by atoms with Gasteiger partial charge in [-0.15, -0.1) is 0 Å². The number of aryl methyl sites for hydroxylation is 1. The highest BCUT2D eigenvalue weighted by Gasteiger charge is 2.12. The maximum absolute atomic E-state index is 11.0. The summed E-state index contributed by atoms with van der Waals surface area (Å²) >= 11 is 0. The summed E-state index contributed by atoms with van der Waals surface area (Å²) in [5.41, 5.74) is 3.02. The number of hydrogen-bond donors (Lipinski definition) is 1. The zero-order chi connectivity index (χ0) is 13.4. The van der Waals surface area contributed by atoms with Crippen LogP contribution in [0.2, 0.25) is 0 Å². The lowest BCUT2D eigenvalue weighted by atomic mass is 10.1. The molecule has 0 aliphatic carbocycles. The molecule has 0 saturated heterocycles. The van der Waals surface area contributed by atoms with Crippen LogP contribution in [0.3, 0.4) is 0 Å². The van der Waals surface area contributed by atoms with Crippen molar-refractivity contribution in [2.45, 2.75) is 6.92 Å². The number of imidazole rings is 1. The molecule has 2 heterocycles. The molecule has 0 aliphatic rings. The first-order chi connectivity index (χ1) is 9.15. The van der Waals surface area contributed by atoms with Gasteiger partial charge in [-0.25, -0.2) is 14.8 Å². The molecule has 0 bridgehead atoms. The van der Waals surface area contributed by atoms with E-state index in [0.717, 1.165) is 11.3 Å². The highest BCUT2D eigenvalue weighted by Crippen LogP contribution is 2.20. The van der Waals surface area contributed by atoms with E-state index in [-0.39, 0.29) is 5.69 Å². The van der Waals surface area contributed by atoms with E-state index in [1.54, 1.807) is 10.6 Å². The van der Waals surface area contributed by atoms with Gasteiger partial charge in [0.1, 0.15) is 0 Å². The minimum absolute atomic E-state index is 0.00735. The van der Waals surface area contributed by atoms with E-state index in [4.69, 9.17) is 5.11 Å². The van der Waals surface area contributed by atoms with E-state index < -0.39 is 5.97 Å². The van der Waals surface area contributed by atoms with Gasteiger partial charge in [0, 0.05) is 12.4 Å². The zero-order valence-corrected chi connectivity index (χ0v) is 10.2. The third kappa shape index (κ3) is 1.95. The highest BCUT2D eigenvalue weighted by atomic mass is 16.4. The minimum Gasteiger partial charge on any atom is -0.476 e. The quantitative estimate of drug-likeness (QED) is 0.761. The SMILES string of the molecule is Cc1ccc(-c2ccnc3nc(C(=O)O)cn23)cc1. The Morgan fingerprint density at radius 3 is 2.63 bits per heavy atom. The summed E-state index contributed by atoms with van der Waals surface area (Å²) in [6.45, 7) is 2.02. The largest absolute Gasteiger partial charge is 0.476 e. The van der Waals surface area contributed by atoms with Gasteiger partial charge in [-0.05, 0) is 18.6 Å². The van der Waals surface area contributed by atoms with Crippen LogP contribution in [-0.4, -0.2) is 25.4 Å². The number of nitrogens with zero attached hydrogens (tertiary/aromatic N) is 3. The average Bonchev–Trinajstić information content (AvgIpc) is 2.83. The predicted octanol–water partition coefficient (Wildman–Crippen LogP) is 2.40. The van der Waals surface area contributed by atoms with Gasteiger partial charge >= 0.3 is 5.97 Å². The molecule has 0 spiro atoms. The van der Waals surface area contributed by atoms with Crippen LogP contribution in [0.25, 0.3) is 17.0 Å². The Kier molecular flexibility index (Phi) is 2.52. The van der Waals surface area contributed by atoms with Crippen LogP contribution in [0.4, 0.5) is 0 Å². The van der Waals surface area contributed by atoms with Crippen molar-refractivity contribution >= 4 is 11.7 Å². The predicted molar refractivity (Wildman–Crippen MR) is 70.1 cm³/mol. The van der Waals surface area contributed by atoms with Crippen LogP contribution < -0.4 is 0 Å². The average molecular weight is 253 g/mol. The molecule has 94 valence electrons. The van der Waals surface area contributed by atoms with Gasteiger partial charge in [0.25, 0.3) is 0 Å². The normalized spacial score (nSPS) is 10.8. The van der Waals surface area contributed by atoms with Crippen molar-refractivity contribution in [1.82, 2.24) is 14.4 Å². The fourth-order valence-electron chi connectivity index (χ4n) is 1.96. The van der Waals surface area contributed by atoms with Crippen molar-refractivity contribution in [2.75, 3.05) is 0 Å². The van der Waals surface area contributed by atoms with Crippen LogP contribution in [0.1, 0.15) is 16.1 Å². The molecule has 0 unspecified atom stereocenters. The van der Waals surface area contributed by atoms with E-state index >= 15 is 0 Å². The lowest BCUT2D eigenvalue weighted by Gasteiger charge is -2.04. The summed E-state index contributed by atoms with van der Waals surface area (Å²) in [5.74, 6) is -0.671. The van der Waals surface area contributed by atoms with Gasteiger partial charge in [0.05, 0.1) is 5.69 Å². The molecular weight excluding hydrogens is 242 g/mol. The first-order valence-corrected chi connectivity index (χ1v) is 5.79. The van der Waals surface area contributed by atoms with E-state index in [0.29, 0.717) is 5.78 Å². The molecule has 0 aliphatic heterocycles. The second-order valence-electron chi connectivity index (χ2n) is 4.30. The number of carboxylic acids is 1. The van der Waals surface area contributed by atoms with E-state index in [2.05, 4.69) is 9.97 Å². The van der Waals surface area contributed by atoms with Gasteiger partial charge in [-0.1, -0.05) is 29.8 Å². The maximum atomic E-state index is 11.0. The van der Waals surface area contributed by atoms with E-state index in [1.165, 1.54) is 11.8 Å². The summed E-state index contributed by atoms with van der Waals surface area (Å²) in [6.07, 6.45) is 3.11. The minimum atomic E-state index is -1.06. The Hall–Kier alpha value is -2.69. The smallest absolute Gasteiger partial charge is 0.356 e. The van der Waals surface area contributed by atoms with Gasteiger partial charge in [-0.2, -0.15) is 0 Å². The second kappa shape index (κ2) is 4.20. The molecule has 5 nitrogen and oxygen atoms in total. The van der Waals surface area contributed by atoms with E-state index in [9.17, 15) is 4.79 Å². The third-order valence-electron chi connectivity index (χ3n) is 2.94. The Bertz CT molecular complexity index is 760. The number of aromatic carboxylic acids is 1. The van der Waals surface area contributed by atoms with Crippen molar-refractivity contribution < 1.29 is 9.90 Å². The number of carboxylic acid groups (broad SMARTS) is 1. The molecule has 0 saturated carbocycles. The summed E-state index contributed by atoms with van der Waals surface area (Å²) in [7, 11) is 0. The molecular formula is C14H11N3O2. The molecule has 0 fully saturated rings. The van der Waals surface area contributed by atoms with Crippen molar-refractivity contribution in [3.05, 3.63) is 54.0 Å². The Labute approximate surface area is 109 Å². The molecule has 19 heavy (non-hydrogen) atoms. The van der Waals surface area contributed by atoms with Gasteiger partial charge in [0.15, 0.2) is 5.69 Å². The van der Waals surface area contributed by atoms with Crippen LogP contribution >= 0.6 is 0 Å². The highest BCUT2D eigenvalue weighted by molar-refractivity contribution is 5.86. The Morgan fingerprint density at radius 2 is 1.95 bits per heavy atom. The lowest BCUT2D eigenvalue weighted by molar-refractivity contribution is 0.0691. The summed E-state index contributed by atoms with van der Waals surface area (Å²) in [5, 5.41) is 8.98. The van der Waals surface area contributed by atoms with Crippen LogP contribution in [-0.2, 0) is 0 Å². The van der Waals surface area contributed by atoms with Crippen molar-refractivity contribution in [1.29, 1.82) is 0 Å². The number of aromatic nitrogens is 3. The molecule has 1 aromatic carbocycles. The van der Waals surface area contributed by atoms with Crippen LogP contribution in [0.5, 0.6) is 0 Å².